The second-order valence-electron chi connectivity index (χ2n) is 9.90. The van der Waals surface area contributed by atoms with Crippen LogP contribution in [-0.4, -0.2) is 65.1 Å². The highest BCUT2D eigenvalue weighted by Gasteiger charge is 2.40. The Labute approximate surface area is 233 Å². The van der Waals surface area contributed by atoms with Crippen molar-refractivity contribution in [1.82, 2.24) is 9.62 Å². The van der Waals surface area contributed by atoms with Gasteiger partial charge in [-0.25, -0.2) is 8.42 Å². The van der Waals surface area contributed by atoms with E-state index in [2.05, 4.69) is 39.6 Å². The number of carbonyl (C=O) groups is 1. The number of dihydropyridines is 1. The first-order chi connectivity index (χ1) is 18.2. The van der Waals surface area contributed by atoms with Crippen molar-refractivity contribution in [2.75, 3.05) is 51.9 Å². The predicted octanol–water partition coefficient (Wildman–Crippen LogP) is 4.05. The first-order valence-corrected chi connectivity index (χ1v) is 15.2. The van der Waals surface area contributed by atoms with Crippen LogP contribution in [0.1, 0.15) is 51.0 Å². The number of halogens is 1. The number of benzene rings is 1. The Hall–Kier alpha value is -2.23. The van der Waals surface area contributed by atoms with Crippen molar-refractivity contribution in [3.8, 4) is 6.07 Å². The number of methoxy groups -OCH3 is 1. The summed E-state index contributed by atoms with van der Waals surface area (Å²) in [4.78, 5) is 13.6. The maximum Gasteiger partial charge on any atom is 0.245 e. The Balaban J connectivity index is 1.87. The topological polar surface area (TPSA) is 121 Å². The van der Waals surface area contributed by atoms with Crippen molar-refractivity contribution in [3.05, 3.63) is 44.7 Å². The summed E-state index contributed by atoms with van der Waals surface area (Å²) in [6, 6.07) is 5.75. The quantitative estimate of drug-likeness (QED) is 0.404. The molecule has 11 heteroatoms. The molecule has 1 aromatic rings. The number of ether oxygens (including phenoxy) is 2. The molecule has 38 heavy (non-hydrogen) atoms. The van der Waals surface area contributed by atoms with E-state index in [0.29, 0.717) is 65.4 Å². The third-order valence-corrected chi connectivity index (χ3v) is 9.88. The van der Waals surface area contributed by atoms with Gasteiger partial charge in [0.05, 0.1) is 43.1 Å². The van der Waals surface area contributed by atoms with Crippen molar-refractivity contribution >= 4 is 37.4 Å². The first kappa shape index (κ1) is 28.8. The molecule has 2 N–H and O–H groups in total. The number of nitrogens with zero attached hydrogens (tertiary/aromatic N) is 2. The minimum absolute atomic E-state index is 0.0125. The van der Waals surface area contributed by atoms with Gasteiger partial charge in [0.25, 0.3) is 0 Å². The Bertz CT molecular complexity index is 1300. The van der Waals surface area contributed by atoms with Gasteiger partial charge < -0.3 is 20.1 Å². The van der Waals surface area contributed by atoms with Crippen LogP contribution in [0.5, 0.6) is 0 Å². The van der Waals surface area contributed by atoms with Crippen molar-refractivity contribution in [2.24, 2.45) is 5.92 Å². The van der Waals surface area contributed by atoms with E-state index < -0.39 is 15.9 Å². The zero-order chi connectivity index (χ0) is 27.4. The third-order valence-electron chi connectivity index (χ3n) is 7.34. The second kappa shape index (κ2) is 12.3. The number of rotatable bonds is 9. The zero-order valence-electron chi connectivity index (χ0n) is 22.1. The van der Waals surface area contributed by atoms with E-state index in [4.69, 9.17) is 9.47 Å². The number of anilines is 1. The average Bonchev–Trinajstić information content (AvgIpc) is 2.89. The smallest absolute Gasteiger partial charge is 0.245 e. The number of ketones is 1. The van der Waals surface area contributed by atoms with E-state index in [1.54, 1.807) is 13.2 Å². The Kier molecular flexibility index (Phi) is 9.31. The van der Waals surface area contributed by atoms with Crippen LogP contribution in [0.25, 0.3) is 0 Å². The van der Waals surface area contributed by atoms with Crippen LogP contribution in [-0.2, 0) is 24.3 Å². The number of Topliss-reactive ketones (excluding diaryl/α,β-unsaturated/α-hetero) is 1. The second-order valence-corrected chi connectivity index (χ2v) is 12.7. The number of hydrogen-bond donors (Lipinski definition) is 2. The number of allylic oxidation sites excluding steroid dienone is 4. The van der Waals surface area contributed by atoms with Crippen LogP contribution < -0.4 is 10.6 Å². The summed E-state index contributed by atoms with van der Waals surface area (Å²) in [7, 11) is -2.32. The van der Waals surface area contributed by atoms with Gasteiger partial charge in [-0.05, 0) is 59.3 Å². The van der Waals surface area contributed by atoms with Crippen LogP contribution in [0.4, 0.5) is 5.69 Å². The summed E-state index contributed by atoms with van der Waals surface area (Å²) >= 11 is 3.60. The van der Waals surface area contributed by atoms with Gasteiger partial charge in [0, 0.05) is 54.6 Å². The summed E-state index contributed by atoms with van der Waals surface area (Å²) in [5, 5.41) is 16.7. The maximum atomic E-state index is 13.9. The Morgan fingerprint density at radius 3 is 2.68 bits per heavy atom. The van der Waals surface area contributed by atoms with Gasteiger partial charge in [0.2, 0.25) is 10.0 Å². The summed E-state index contributed by atoms with van der Waals surface area (Å²) in [6.07, 6.45) is 3.12. The molecule has 2 unspecified atom stereocenters. The number of nitriles is 1. The van der Waals surface area contributed by atoms with Gasteiger partial charge in [-0.2, -0.15) is 9.57 Å². The van der Waals surface area contributed by atoms with Crippen LogP contribution in [0.15, 0.2) is 44.0 Å². The molecule has 2 heterocycles. The van der Waals surface area contributed by atoms with Gasteiger partial charge in [-0.15, -0.1) is 0 Å². The van der Waals surface area contributed by atoms with E-state index >= 15 is 0 Å². The molecule has 0 aromatic heterocycles. The summed E-state index contributed by atoms with van der Waals surface area (Å²) in [6.45, 7) is 5.90. The zero-order valence-corrected chi connectivity index (χ0v) is 24.5. The molecule has 1 saturated heterocycles. The number of morpholine rings is 1. The molecule has 0 saturated carbocycles. The van der Waals surface area contributed by atoms with Crippen LogP contribution >= 0.6 is 15.9 Å². The highest BCUT2D eigenvalue weighted by atomic mass is 79.9. The minimum atomic E-state index is -3.91. The molecule has 0 bridgehead atoms. The lowest BCUT2D eigenvalue weighted by Gasteiger charge is -2.36. The molecule has 3 aliphatic rings. The number of nitrogens with one attached hydrogen (secondary N) is 2. The molecule has 206 valence electrons. The molecule has 0 spiro atoms. The molecule has 9 nitrogen and oxygen atoms in total. The van der Waals surface area contributed by atoms with E-state index in [0.717, 1.165) is 25.0 Å². The molecule has 2 aliphatic heterocycles. The standard InChI is InChI=1S/C27H35BrN4O5S/c1-4-5-18-12-22-26(23(33)13-18)25(20(16-29)17(2)31-22)19-14-21(28)27(30-6-9-36-3)24(15-19)38(34,35)32-7-10-37-11-8-32/h14-15,18,25,30-31H,4-13H2,1-3H3. The van der Waals surface area contributed by atoms with E-state index in [1.165, 1.54) is 4.31 Å². The van der Waals surface area contributed by atoms with Crippen LogP contribution in [0.3, 0.4) is 0 Å². The lowest BCUT2D eigenvalue weighted by molar-refractivity contribution is -0.117. The van der Waals surface area contributed by atoms with E-state index in [1.807, 2.05) is 13.0 Å². The van der Waals surface area contributed by atoms with Gasteiger partial charge in [0.1, 0.15) is 4.90 Å². The van der Waals surface area contributed by atoms with Gasteiger partial charge in [-0.3, -0.25) is 4.79 Å². The van der Waals surface area contributed by atoms with E-state index in [-0.39, 0.29) is 29.7 Å². The largest absolute Gasteiger partial charge is 0.383 e. The third kappa shape index (κ3) is 5.70. The highest BCUT2D eigenvalue weighted by molar-refractivity contribution is 9.10. The summed E-state index contributed by atoms with van der Waals surface area (Å²) in [5.41, 5.74) is 3.55. The maximum absolute atomic E-state index is 13.9. The molecule has 1 aromatic carbocycles. The number of sulfonamides is 1. The fourth-order valence-corrected chi connectivity index (χ4v) is 7.94. The van der Waals surface area contributed by atoms with E-state index in [9.17, 15) is 18.5 Å². The lowest BCUT2D eigenvalue weighted by atomic mass is 9.72. The Morgan fingerprint density at radius 2 is 2.03 bits per heavy atom. The normalized spacial score (nSPS) is 22.7. The molecule has 0 amide bonds. The molecular weight excluding hydrogens is 572 g/mol. The predicted molar refractivity (Wildman–Crippen MR) is 148 cm³/mol. The fraction of sp³-hybridized carbons (Fsp3) is 0.556. The first-order valence-electron chi connectivity index (χ1n) is 13.0. The van der Waals surface area contributed by atoms with Gasteiger partial charge >= 0.3 is 0 Å². The summed E-state index contributed by atoms with van der Waals surface area (Å²) < 4.78 is 40.3. The highest BCUT2D eigenvalue weighted by Crippen LogP contribution is 2.46. The van der Waals surface area contributed by atoms with Crippen molar-refractivity contribution in [1.29, 1.82) is 5.26 Å². The van der Waals surface area contributed by atoms with Crippen LogP contribution in [0, 0.1) is 17.2 Å². The molecule has 4 rings (SSSR count). The van der Waals surface area contributed by atoms with Crippen LogP contribution in [0.2, 0.25) is 0 Å². The number of hydrogen-bond acceptors (Lipinski definition) is 8. The van der Waals surface area contributed by atoms with Crippen molar-refractivity contribution in [3.63, 3.8) is 0 Å². The fourth-order valence-electron chi connectivity index (χ4n) is 5.56. The van der Waals surface area contributed by atoms with Gasteiger partial charge in [0.15, 0.2) is 5.78 Å². The summed E-state index contributed by atoms with van der Waals surface area (Å²) in [5.74, 6) is -0.375. The molecular formula is C27H35BrN4O5S. The lowest BCUT2D eigenvalue weighted by Crippen LogP contribution is -2.41. The SMILES string of the molecule is CCCC1CC(=O)C2=C(C1)NC(C)=C(C#N)C2c1cc(Br)c(NCCOC)c(S(=O)(=O)N2CCOCC2)c1. The molecule has 2 atom stereocenters. The monoisotopic (exact) mass is 606 g/mol. The molecule has 0 radical (unpaired) electrons. The molecule has 1 aliphatic carbocycles. The van der Waals surface area contributed by atoms with Crippen molar-refractivity contribution < 1.29 is 22.7 Å². The van der Waals surface area contributed by atoms with Gasteiger partial charge in [-0.1, -0.05) is 13.3 Å². The average molecular weight is 608 g/mol. The molecule has 1 fully saturated rings. The minimum Gasteiger partial charge on any atom is -0.383 e. The Morgan fingerprint density at radius 1 is 1.29 bits per heavy atom. The van der Waals surface area contributed by atoms with Crippen molar-refractivity contribution in [2.45, 2.75) is 50.3 Å². The number of carbonyl (C=O) groups excluding carboxylic acids is 1.